The molecule has 2 aromatic carbocycles. The highest BCUT2D eigenvalue weighted by Gasteiger charge is 2.22. The molecule has 1 heterocycles. The Balaban J connectivity index is 1.58. The number of amides is 1. The summed E-state index contributed by atoms with van der Waals surface area (Å²) in [6.45, 7) is 6.95. The van der Waals surface area contributed by atoms with Gasteiger partial charge in [0, 0.05) is 6.54 Å². The Morgan fingerprint density at radius 2 is 1.78 bits per heavy atom. The zero-order valence-corrected chi connectivity index (χ0v) is 16.4. The van der Waals surface area contributed by atoms with Crippen LogP contribution in [-0.2, 0) is 4.79 Å². The molecule has 1 N–H and O–H groups in total. The van der Waals surface area contributed by atoms with E-state index in [4.69, 9.17) is 4.74 Å². The highest BCUT2D eigenvalue weighted by molar-refractivity contribution is 5.77. The van der Waals surface area contributed by atoms with Gasteiger partial charge < -0.3 is 10.1 Å². The molecular formula is C23H30N2O2. The minimum atomic E-state index is -0.0781. The van der Waals surface area contributed by atoms with Crippen molar-refractivity contribution in [3.63, 3.8) is 0 Å². The molecule has 0 spiro atoms. The minimum Gasteiger partial charge on any atom is -0.484 e. The Kier molecular flexibility index (Phi) is 6.88. The first kappa shape index (κ1) is 19.4. The molecule has 0 aromatic heterocycles. The molecule has 1 amide bonds. The quantitative estimate of drug-likeness (QED) is 0.804. The number of nitrogens with zero attached hydrogens (tertiary/aromatic N) is 1. The Morgan fingerprint density at radius 3 is 2.48 bits per heavy atom. The molecule has 144 valence electrons. The van der Waals surface area contributed by atoms with E-state index in [0.29, 0.717) is 6.54 Å². The van der Waals surface area contributed by atoms with Gasteiger partial charge in [-0.3, -0.25) is 9.69 Å². The zero-order chi connectivity index (χ0) is 19.1. The molecule has 27 heavy (non-hydrogen) atoms. The Hall–Kier alpha value is -2.33. The lowest BCUT2D eigenvalue weighted by molar-refractivity contribution is -0.123. The van der Waals surface area contributed by atoms with Gasteiger partial charge in [0.05, 0.1) is 6.04 Å². The number of nitrogens with one attached hydrogen (secondary N) is 1. The van der Waals surface area contributed by atoms with Gasteiger partial charge in [0.25, 0.3) is 5.91 Å². The molecular weight excluding hydrogens is 336 g/mol. The smallest absolute Gasteiger partial charge is 0.258 e. The number of benzene rings is 2. The molecule has 1 fully saturated rings. The minimum absolute atomic E-state index is 0.0457. The van der Waals surface area contributed by atoms with Gasteiger partial charge in [0.2, 0.25) is 0 Å². The number of aryl methyl sites for hydroxylation is 2. The maximum Gasteiger partial charge on any atom is 0.258 e. The number of ether oxygens (including phenoxy) is 1. The third-order valence-corrected chi connectivity index (χ3v) is 5.15. The van der Waals surface area contributed by atoms with Gasteiger partial charge in [-0.2, -0.15) is 0 Å². The molecule has 4 heteroatoms. The van der Waals surface area contributed by atoms with Crippen molar-refractivity contribution in [2.75, 3.05) is 26.2 Å². The summed E-state index contributed by atoms with van der Waals surface area (Å²) in [5.74, 6) is 0.655. The fourth-order valence-corrected chi connectivity index (χ4v) is 3.59. The molecule has 1 atom stereocenters. The standard InChI is InChI=1S/C23H30N2O2/c1-18-9-11-20(12-10-18)22(25-13-4-3-5-14-25)16-24-23(26)17-27-21-8-6-7-19(2)15-21/h6-12,15,22H,3-5,13-14,16-17H2,1-2H3,(H,24,26)/t22-/m1/s1. The fraction of sp³-hybridized carbons (Fsp3) is 0.435. The largest absolute Gasteiger partial charge is 0.484 e. The summed E-state index contributed by atoms with van der Waals surface area (Å²) in [7, 11) is 0. The van der Waals surface area contributed by atoms with Crippen molar-refractivity contribution < 1.29 is 9.53 Å². The maximum absolute atomic E-state index is 12.3. The van der Waals surface area contributed by atoms with Crippen molar-refractivity contribution in [1.29, 1.82) is 0 Å². The first-order chi connectivity index (χ1) is 13.1. The normalized spacial score (nSPS) is 15.9. The molecule has 2 aromatic rings. The molecule has 1 aliphatic heterocycles. The summed E-state index contributed by atoms with van der Waals surface area (Å²) in [4.78, 5) is 14.8. The van der Waals surface area contributed by atoms with Crippen molar-refractivity contribution in [1.82, 2.24) is 10.2 Å². The molecule has 0 aliphatic carbocycles. The van der Waals surface area contributed by atoms with Gasteiger partial charge in [-0.05, 0) is 63.0 Å². The Morgan fingerprint density at radius 1 is 1.04 bits per heavy atom. The third kappa shape index (κ3) is 5.83. The highest BCUT2D eigenvalue weighted by atomic mass is 16.5. The fourth-order valence-electron chi connectivity index (χ4n) is 3.59. The molecule has 0 radical (unpaired) electrons. The first-order valence-corrected chi connectivity index (χ1v) is 9.88. The van der Waals surface area contributed by atoms with Crippen LogP contribution >= 0.6 is 0 Å². The molecule has 0 bridgehead atoms. The van der Waals surface area contributed by atoms with Crippen molar-refractivity contribution in [2.45, 2.75) is 39.2 Å². The van der Waals surface area contributed by atoms with Crippen LogP contribution in [-0.4, -0.2) is 37.0 Å². The summed E-state index contributed by atoms with van der Waals surface area (Å²) in [5, 5.41) is 3.07. The summed E-state index contributed by atoms with van der Waals surface area (Å²) in [5.41, 5.74) is 3.64. The van der Waals surface area contributed by atoms with E-state index >= 15 is 0 Å². The van der Waals surface area contributed by atoms with Crippen molar-refractivity contribution >= 4 is 5.91 Å². The van der Waals surface area contributed by atoms with E-state index in [-0.39, 0.29) is 18.6 Å². The van der Waals surface area contributed by atoms with E-state index in [1.165, 1.54) is 30.4 Å². The Labute approximate surface area is 162 Å². The number of carbonyl (C=O) groups excluding carboxylic acids is 1. The van der Waals surface area contributed by atoms with Crippen LogP contribution in [0.25, 0.3) is 0 Å². The topological polar surface area (TPSA) is 41.6 Å². The second-order valence-electron chi connectivity index (χ2n) is 7.43. The van der Waals surface area contributed by atoms with Gasteiger partial charge in [0.1, 0.15) is 5.75 Å². The van der Waals surface area contributed by atoms with E-state index in [2.05, 4.69) is 41.4 Å². The lowest BCUT2D eigenvalue weighted by Gasteiger charge is -2.35. The molecule has 0 unspecified atom stereocenters. The first-order valence-electron chi connectivity index (χ1n) is 9.88. The second-order valence-corrected chi connectivity index (χ2v) is 7.43. The van der Waals surface area contributed by atoms with Gasteiger partial charge in [-0.1, -0.05) is 48.4 Å². The van der Waals surface area contributed by atoms with Crippen molar-refractivity contribution in [3.8, 4) is 5.75 Å². The maximum atomic E-state index is 12.3. The van der Waals surface area contributed by atoms with Crippen molar-refractivity contribution in [3.05, 3.63) is 65.2 Å². The average Bonchev–Trinajstić information content (AvgIpc) is 2.69. The van der Waals surface area contributed by atoms with E-state index in [9.17, 15) is 4.79 Å². The number of rotatable bonds is 7. The van der Waals surface area contributed by atoms with Crippen LogP contribution in [0.5, 0.6) is 5.75 Å². The average molecular weight is 367 g/mol. The molecule has 1 aliphatic rings. The van der Waals surface area contributed by atoms with E-state index in [0.717, 1.165) is 24.4 Å². The summed E-state index contributed by atoms with van der Waals surface area (Å²) in [6.07, 6.45) is 3.76. The van der Waals surface area contributed by atoms with Crippen LogP contribution in [0.4, 0.5) is 0 Å². The predicted octanol–water partition coefficient (Wildman–Crippen LogP) is 4.03. The van der Waals surface area contributed by atoms with Crippen LogP contribution in [0.15, 0.2) is 48.5 Å². The molecule has 0 saturated carbocycles. The molecule has 1 saturated heterocycles. The lowest BCUT2D eigenvalue weighted by Crippen LogP contribution is -2.41. The zero-order valence-electron chi connectivity index (χ0n) is 16.4. The van der Waals surface area contributed by atoms with E-state index in [1.807, 2.05) is 31.2 Å². The third-order valence-electron chi connectivity index (χ3n) is 5.15. The summed E-state index contributed by atoms with van der Waals surface area (Å²) >= 11 is 0. The number of carbonyl (C=O) groups is 1. The van der Waals surface area contributed by atoms with Crippen LogP contribution in [0.2, 0.25) is 0 Å². The van der Waals surface area contributed by atoms with Gasteiger partial charge in [0.15, 0.2) is 6.61 Å². The SMILES string of the molecule is Cc1ccc([C@@H](CNC(=O)COc2cccc(C)c2)N2CCCCC2)cc1. The highest BCUT2D eigenvalue weighted by Crippen LogP contribution is 2.24. The predicted molar refractivity (Wildman–Crippen MR) is 109 cm³/mol. The van der Waals surface area contributed by atoms with Gasteiger partial charge >= 0.3 is 0 Å². The van der Waals surface area contributed by atoms with Crippen molar-refractivity contribution in [2.24, 2.45) is 0 Å². The number of hydrogen-bond donors (Lipinski definition) is 1. The summed E-state index contributed by atoms with van der Waals surface area (Å²) in [6, 6.07) is 16.6. The van der Waals surface area contributed by atoms with Crippen LogP contribution in [0.1, 0.15) is 42.0 Å². The monoisotopic (exact) mass is 366 g/mol. The van der Waals surface area contributed by atoms with E-state index < -0.39 is 0 Å². The number of hydrogen-bond acceptors (Lipinski definition) is 3. The number of likely N-dealkylation sites (tertiary alicyclic amines) is 1. The van der Waals surface area contributed by atoms with Crippen LogP contribution in [0, 0.1) is 13.8 Å². The second kappa shape index (κ2) is 9.56. The van der Waals surface area contributed by atoms with Crippen LogP contribution < -0.4 is 10.1 Å². The van der Waals surface area contributed by atoms with E-state index in [1.54, 1.807) is 0 Å². The Bertz CT molecular complexity index is 736. The molecule has 4 nitrogen and oxygen atoms in total. The van der Waals surface area contributed by atoms with Gasteiger partial charge in [-0.25, -0.2) is 0 Å². The lowest BCUT2D eigenvalue weighted by atomic mass is 10.0. The number of piperidine rings is 1. The van der Waals surface area contributed by atoms with Gasteiger partial charge in [-0.15, -0.1) is 0 Å². The van der Waals surface area contributed by atoms with Crippen LogP contribution in [0.3, 0.4) is 0 Å². The summed E-state index contributed by atoms with van der Waals surface area (Å²) < 4.78 is 5.62. The molecule has 3 rings (SSSR count).